The summed E-state index contributed by atoms with van der Waals surface area (Å²) in [7, 11) is 1.24. The van der Waals surface area contributed by atoms with Gasteiger partial charge in [-0.15, -0.1) is 0 Å². The van der Waals surface area contributed by atoms with Gasteiger partial charge in [-0.1, -0.05) is 0 Å². The number of carboxylic acids is 1. The molecule has 0 saturated carbocycles. The van der Waals surface area contributed by atoms with Crippen LogP contribution in [0.15, 0.2) is 21.9 Å². The predicted octanol–water partition coefficient (Wildman–Crippen LogP) is -3.05. The number of hydrogen-bond acceptors (Lipinski definition) is 5. The third kappa shape index (κ3) is 4.30. The fraction of sp³-hybridized carbons (Fsp3) is 0.364. The van der Waals surface area contributed by atoms with E-state index in [1.54, 1.807) is 0 Å². The average molecular weight is 298 g/mol. The summed E-state index contributed by atoms with van der Waals surface area (Å²) in [5.41, 5.74) is 3.66. The maximum Gasteiger partial charge on any atom is 0.331 e. The van der Waals surface area contributed by atoms with Gasteiger partial charge in [0, 0.05) is 19.3 Å². The van der Waals surface area contributed by atoms with Crippen LogP contribution >= 0.6 is 0 Å². The molecule has 2 amide bonds. The van der Waals surface area contributed by atoms with Gasteiger partial charge in [-0.25, -0.2) is 4.79 Å². The lowest BCUT2D eigenvalue weighted by Crippen LogP contribution is -2.45. The summed E-state index contributed by atoms with van der Waals surface area (Å²) in [6, 6.07) is 1.09. The van der Waals surface area contributed by atoms with Crippen molar-refractivity contribution in [2.75, 3.05) is 13.1 Å². The Morgan fingerprint density at radius 1 is 1.29 bits per heavy atom. The van der Waals surface area contributed by atoms with Gasteiger partial charge in [0.15, 0.2) is 0 Å². The van der Waals surface area contributed by atoms with Crippen molar-refractivity contribution in [1.82, 2.24) is 14.0 Å². The quantitative estimate of drug-likeness (QED) is 0.570. The van der Waals surface area contributed by atoms with E-state index in [0.717, 1.165) is 21.4 Å². The van der Waals surface area contributed by atoms with Crippen LogP contribution in [0.1, 0.15) is 0 Å². The summed E-state index contributed by atoms with van der Waals surface area (Å²) in [6.07, 6.45) is 1.12. The van der Waals surface area contributed by atoms with Gasteiger partial charge >= 0.3 is 11.7 Å². The zero-order valence-electron chi connectivity index (χ0n) is 11.2. The Balaban J connectivity index is 2.99. The molecule has 0 spiro atoms. The molecular weight excluding hydrogens is 284 g/mol. The van der Waals surface area contributed by atoms with Gasteiger partial charge in [-0.3, -0.25) is 28.3 Å². The summed E-state index contributed by atoms with van der Waals surface area (Å²) in [6.45, 7) is -1.80. The maximum absolute atomic E-state index is 11.9. The molecule has 3 N–H and O–H groups in total. The Kier molecular flexibility index (Phi) is 5.00. The molecule has 21 heavy (non-hydrogen) atoms. The second kappa shape index (κ2) is 6.50. The number of rotatable bonds is 6. The van der Waals surface area contributed by atoms with Crippen molar-refractivity contribution in [3.05, 3.63) is 33.1 Å². The molecule has 0 aliphatic rings. The fourth-order valence-electron chi connectivity index (χ4n) is 1.57. The van der Waals surface area contributed by atoms with Crippen molar-refractivity contribution in [2.45, 2.75) is 6.54 Å². The number of carboxylic acid groups (broad SMARTS) is 1. The zero-order chi connectivity index (χ0) is 16.2. The number of primary amides is 1. The molecule has 0 fully saturated rings. The molecule has 1 aromatic heterocycles. The van der Waals surface area contributed by atoms with Crippen LogP contribution in [-0.4, -0.2) is 50.0 Å². The third-order valence-corrected chi connectivity index (χ3v) is 2.59. The first-order chi connectivity index (χ1) is 9.72. The molecule has 0 radical (unpaired) electrons. The van der Waals surface area contributed by atoms with Crippen LogP contribution in [0.25, 0.3) is 0 Å². The number of nitrogens with two attached hydrogens (primary N) is 1. The van der Waals surface area contributed by atoms with Crippen LogP contribution in [0, 0.1) is 0 Å². The molecule has 1 aromatic rings. The van der Waals surface area contributed by atoms with Crippen molar-refractivity contribution in [1.29, 1.82) is 0 Å². The van der Waals surface area contributed by atoms with E-state index in [2.05, 4.69) is 0 Å². The van der Waals surface area contributed by atoms with Gasteiger partial charge in [0.2, 0.25) is 11.8 Å². The largest absolute Gasteiger partial charge is 0.480 e. The van der Waals surface area contributed by atoms with Crippen LogP contribution in [0.5, 0.6) is 0 Å². The van der Waals surface area contributed by atoms with Crippen LogP contribution in [0.2, 0.25) is 0 Å². The van der Waals surface area contributed by atoms with Gasteiger partial charge in [-0.2, -0.15) is 0 Å². The highest BCUT2D eigenvalue weighted by Gasteiger charge is 2.19. The van der Waals surface area contributed by atoms with Crippen molar-refractivity contribution < 1.29 is 19.5 Å². The van der Waals surface area contributed by atoms with Gasteiger partial charge in [0.25, 0.3) is 5.56 Å². The second-order valence-corrected chi connectivity index (χ2v) is 4.23. The molecule has 10 nitrogen and oxygen atoms in total. The van der Waals surface area contributed by atoms with Gasteiger partial charge in [0.05, 0.1) is 6.54 Å². The lowest BCUT2D eigenvalue weighted by Gasteiger charge is -2.19. The van der Waals surface area contributed by atoms with E-state index in [1.165, 1.54) is 7.05 Å². The number of carbonyl (C=O) groups excluding carboxylic acids is 2. The van der Waals surface area contributed by atoms with Crippen molar-refractivity contribution in [3.63, 3.8) is 0 Å². The minimum atomic E-state index is -1.32. The Hall–Kier alpha value is -2.91. The Bertz CT molecular complexity index is 673. The normalized spacial score (nSPS) is 10.1. The first kappa shape index (κ1) is 16.1. The summed E-state index contributed by atoms with van der Waals surface area (Å²) in [5.74, 6) is -2.98. The first-order valence-corrected chi connectivity index (χ1v) is 5.76. The lowest BCUT2D eigenvalue weighted by molar-refractivity contribution is -0.145. The van der Waals surface area contributed by atoms with E-state index >= 15 is 0 Å². The number of aliphatic carboxylic acids is 1. The minimum absolute atomic E-state index is 0.506. The molecule has 10 heteroatoms. The highest BCUT2D eigenvalue weighted by Crippen LogP contribution is 1.93. The summed E-state index contributed by atoms with van der Waals surface area (Å²) < 4.78 is 1.72. The summed E-state index contributed by atoms with van der Waals surface area (Å²) in [5, 5.41) is 8.69. The SMILES string of the molecule is Cn1c(=O)ccn(CC(=O)N(CC(N)=O)CC(=O)O)c1=O. The second-order valence-electron chi connectivity index (χ2n) is 4.23. The van der Waals surface area contributed by atoms with Crippen molar-refractivity contribution in [2.24, 2.45) is 12.8 Å². The molecule has 0 atom stereocenters. The van der Waals surface area contributed by atoms with Gasteiger partial charge in [-0.05, 0) is 0 Å². The molecular formula is C11H14N4O6. The number of carbonyl (C=O) groups is 3. The topological polar surface area (TPSA) is 145 Å². The fourth-order valence-corrected chi connectivity index (χ4v) is 1.57. The lowest BCUT2D eigenvalue weighted by atomic mass is 10.4. The highest BCUT2D eigenvalue weighted by molar-refractivity contribution is 5.86. The zero-order valence-corrected chi connectivity index (χ0v) is 11.2. The van der Waals surface area contributed by atoms with Crippen LogP contribution in [0.4, 0.5) is 0 Å². The van der Waals surface area contributed by atoms with E-state index in [-0.39, 0.29) is 0 Å². The van der Waals surface area contributed by atoms with E-state index in [9.17, 15) is 24.0 Å². The standard InChI is InChI=1S/C11H14N4O6/c1-13-8(17)2-3-14(11(13)21)5-9(18)15(4-7(12)16)6-10(19)20/h2-3H,4-6H2,1H3,(H2,12,16)(H,19,20). The molecule has 1 heterocycles. The molecule has 114 valence electrons. The number of nitrogens with zero attached hydrogens (tertiary/aromatic N) is 3. The van der Waals surface area contributed by atoms with E-state index in [0.29, 0.717) is 4.90 Å². The monoisotopic (exact) mass is 298 g/mol. The molecule has 1 rings (SSSR count). The third-order valence-electron chi connectivity index (χ3n) is 2.59. The number of hydrogen-bond donors (Lipinski definition) is 2. The minimum Gasteiger partial charge on any atom is -0.480 e. The summed E-state index contributed by atoms with van der Waals surface area (Å²) >= 11 is 0. The number of aromatic nitrogens is 2. The van der Waals surface area contributed by atoms with Crippen LogP contribution < -0.4 is 17.0 Å². The smallest absolute Gasteiger partial charge is 0.331 e. The Morgan fingerprint density at radius 3 is 2.43 bits per heavy atom. The van der Waals surface area contributed by atoms with E-state index in [1.807, 2.05) is 0 Å². The van der Waals surface area contributed by atoms with Crippen LogP contribution in [0.3, 0.4) is 0 Å². The predicted molar refractivity (Wildman–Crippen MR) is 69.4 cm³/mol. The molecule has 0 aliphatic heterocycles. The highest BCUT2D eigenvalue weighted by atomic mass is 16.4. The number of amides is 2. The average Bonchev–Trinajstić information content (AvgIpc) is 2.37. The maximum atomic E-state index is 11.9. The molecule has 0 unspecified atom stereocenters. The van der Waals surface area contributed by atoms with Crippen LogP contribution in [-0.2, 0) is 28.0 Å². The van der Waals surface area contributed by atoms with Gasteiger partial charge in [0.1, 0.15) is 13.1 Å². The molecule has 0 saturated heterocycles. The van der Waals surface area contributed by atoms with E-state index < -0.39 is 48.7 Å². The van der Waals surface area contributed by atoms with Crippen molar-refractivity contribution >= 4 is 17.8 Å². The Labute approximate surface area is 118 Å². The molecule has 0 aromatic carbocycles. The molecule has 0 aliphatic carbocycles. The first-order valence-electron chi connectivity index (χ1n) is 5.76. The van der Waals surface area contributed by atoms with Gasteiger partial charge < -0.3 is 15.7 Å². The molecule has 0 bridgehead atoms. The van der Waals surface area contributed by atoms with Crippen molar-refractivity contribution in [3.8, 4) is 0 Å². The summed E-state index contributed by atoms with van der Waals surface area (Å²) in [4.78, 5) is 57.1. The Morgan fingerprint density at radius 2 is 1.90 bits per heavy atom. The van der Waals surface area contributed by atoms with E-state index in [4.69, 9.17) is 10.8 Å².